The van der Waals surface area contributed by atoms with Gasteiger partial charge in [0.2, 0.25) is 0 Å². The van der Waals surface area contributed by atoms with Gasteiger partial charge in [0.25, 0.3) is 0 Å². The number of ether oxygens (including phenoxy) is 1. The Bertz CT molecular complexity index is 413. The van der Waals surface area contributed by atoms with Crippen LogP contribution in [0.15, 0.2) is 5.38 Å². The van der Waals surface area contributed by atoms with Gasteiger partial charge in [-0.2, -0.15) is 0 Å². The zero-order valence-electron chi connectivity index (χ0n) is 11.6. The zero-order chi connectivity index (χ0) is 13.7. The van der Waals surface area contributed by atoms with E-state index in [0.29, 0.717) is 12.6 Å². The van der Waals surface area contributed by atoms with E-state index in [1.165, 1.54) is 30.6 Å². The van der Waals surface area contributed by atoms with Crippen molar-refractivity contribution >= 4 is 17.3 Å². The standard InChI is InChI=1S/C14H22N2O2S/c1-3-18-14(17)12(13-15-10(2)9-19-13)16-11-7-5-4-6-8-11/h9,11-12,16H,3-8H2,1-2H3. The summed E-state index contributed by atoms with van der Waals surface area (Å²) in [6.07, 6.45) is 6.06. The Morgan fingerprint density at radius 1 is 1.53 bits per heavy atom. The minimum atomic E-state index is -0.401. The maximum Gasteiger partial charge on any atom is 0.330 e. The van der Waals surface area contributed by atoms with Crippen LogP contribution in [-0.2, 0) is 9.53 Å². The molecule has 106 valence electrons. The molecule has 1 heterocycles. The second-order valence-corrected chi connectivity index (χ2v) is 5.90. The van der Waals surface area contributed by atoms with E-state index in [-0.39, 0.29) is 5.97 Å². The number of carbonyl (C=O) groups is 1. The number of hydrogen-bond donors (Lipinski definition) is 1. The lowest BCUT2D eigenvalue weighted by Gasteiger charge is -2.26. The molecular weight excluding hydrogens is 260 g/mol. The highest BCUT2D eigenvalue weighted by Crippen LogP contribution is 2.24. The van der Waals surface area contributed by atoms with Gasteiger partial charge in [-0.25, -0.2) is 9.78 Å². The Morgan fingerprint density at radius 3 is 2.84 bits per heavy atom. The van der Waals surface area contributed by atoms with Gasteiger partial charge >= 0.3 is 5.97 Å². The van der Waals surface area contributed by atoms with Gasteiger partial charge in [0, 0.05) is 17.1 Å². The van der Waals surface area contributed by atoms with Gasteiger partial charge in [0.05, 0.1) is 6.61 Å². The molecule has 4 nitrogen and oxygen atoms in total. The Balaban J connectivity index is 2.07. The van der Waals surface area contributed by atoms with Gasteiger partial charge in [0.15, 0.2) is 6.04 Å². The summed E-state index contributed by atoms with van der Waals surface area (Å²) < 4.78 is 5.17. The van der Waals surface area contributed by atoms with E-state index in [4.69, 9.17) is 4.74 Å². The van der Waals surface area contributed by atoms with Crippen LogP contribution >= 0.6 is 11.3 Å². The van der Waals surface area contributed by atoms with Crippen LogP contribution in [-0.4, -0.2) is 23.6 Å². The third kappa shape index (κ3) is 4.01. The molecule has 1 aliphatic carbocycles. The van der Waals surface area contributed by atoms with Gasteiger partial charge < -0.3 is 4.74 Å². The summed E-state index contributed by atoms with van der Waals surface area (Å²) in [6.45, 7) is 4.19. The van der Waals surface area contributed by atoms with Crippen molar-refractivity contribution in [3.63, 3.8) is 0 Å². The molecule has 1 aromatic rings. The molecule has 0 bridgehead atoms. The van der Waals surface area contributed by atoms with Crippen LogP contribution in [0.3, 0.4) is 0 Å². The average molecular weight is 282 g/mol. The summed E-state index contributed by atoms with van der Waals surface area (Å²) in [5.41, 5.74) is 0.958. The number of esters is 1. The monoisotopic (exact) mass is 282 g/mol. The first kappa shape index (κ1) is 14.5. The first-order valence-electron chi connectivity index (χ1n) is 7.05. The van der Waals surface area contributed by atoms with E-state index in [1.807, 2.05) is 19.2 Å². The minimum Gasteiger partial charge on any atom is -0.465 e. The summed E-state index contributed by atoms with van der Waals surface area (Å²) in [5.74, 6) is -0.206. The molecule has 1 atom stereocenters. The predicted molar refractivity (Wildman–Crippen MR) is 76.2 cm³/mol. The highest BCUT2D eigenvalue weighted by molar-refractivity contribution is 7.09. The second kappa shape index (κ2) is 7.01. The van der Waals surface area contributed by atoms with Crippen molar-refractivity contribution in [2.24, 2.45) is 0 Å². The van der Waals surface area contributed by atoms with Gasteiger partial charge in [-0.3, -0.25) is 5.32 Å². The van der Waals surface area contributed by atoms with Crippen LogP contribution in [0.25, 0.3) is 0 Å². The van der Waals surface area contributed by atoms with Gasteiger partial charge in [-0.05, 0) is 26.7 Å². The molecule has 0 radical (unpaired) electrons. The van der Waals surface area contributed by atoms with Crippen LogP contribution in [0.2, 0.25) is 0 Å². The quantitative estimate of drug-likeness (QED) is 0.844. The lowest BCUT2D eigenvalue weighted by Crippen LogP contribution is -2.39. The number of aryl methyl sites for hydroxylation is 1. The largest absolute Gasteiger partial charge is 0.465 e. The van der Waals surface area contributed by atoms with Crippen LogP contribution in [0.1, 0.15) is 55.8 Å². The summed E-state index contributed by atoms with van der Waals surface area (Å²) in [7, 11) is 0. The van der Waals surface area contributed by atoms with Crippen LogP contribution < -0.4 is 5.32 Å². The average Bonchev–Trinajstić information content (AvgIpc) is 2.84. The summed E-state index contributed by atoms with van der Waals surface area (Å²) >= 11 is 1.53. The Hall–Kier alpha value is -0.940. The lowest BCUT2D eigenvalue weighted by atomic mass is 9.95. The van der Waals surface area contributed by atoms with Gasteiger partial charge in [-0.15, -0.1) is 11.3 Å². The van der Waals surface area contributed by atoms with E-state index in [1.54, 1.807) is 0 Å². The zero-order valence-corrected chi connectivity index (χ0v) is 12.5. The molecule has 0 amide bonds. The van der Waals surface area contributed by atoms with Crippen molar-refractivity contribution in [3.8, 4) is 0 Å². The Labute approximate surface area is 118 Å². The molecule has 1 aromatic heterocycles. The molecule has 0 saturated heterocycles. The maximum atomic E-state index is 12.1. The smallest absolute Gasteiger partial charge is 0.330 e. The summed E-state index contributed by atoms with van der Waals surface area (Å²) in [4.78, 5) is 16.5. The predicted octanol–water partition coefficient (Wildman–Crippen LogP) is 2.98. The maximum absolute atomic E-state index is 12.1. The molecule has 5 heteroatoms. The minimum absolute atomic E-state index is 0.206. The van der Waals surface area contributed by atoms with Crippen molar-refractivity contribution in [3.05, 3.63) is 16.1 Å². The SMILES string of the molecule is CCOC(=O)C(NC1CCCCC1)c1nc(C)cs1. The first-order valence-corrected chi connectivity index (χ1v) is 7.93. The fourth-order valence-electron chi connectivity index (χ4n) is 2.48. The number of nitrogens with zero attached hydrogens (tertiary/aromatic N) is 1. The first-order chi connectivity index (χ1) is 9.20. The molecular formula is C14H22N2O2S. The van der Waals surface area contributed by atoms with Gasteiger partial charge in [-0.1, -0.05) is 19.3 Å². The summed E-state index contributed by atoms with van der Waals surface area (Å²) in [6, 6.07) is 0.00844. The highest BCUT2D eigenvalue weighted by atomic mass is 32.1. The summed E-state index contributed by atoms with van der Waals surface area (Å²) in [5, 5.41) is 6.24. The van der Waals surface area contributed by atoms with Crippen molar-refractivity contribution in [2.45, 2.75) is 58.0 Å². The number of nitrogens with one attached hydrogen (secondary N) is 1. The third-order valence-electron chi connectivity index (χ3n) is 3.41. The molecule has 0 spiro atoms. The van der Waals surface area contributed by atoms with Crippen molar-refractivity contribution in [1.82, 2.24) is 10.3 Å². The number of hydrogen-bond acceptors (Lipinski definition) is 5. The fraction of sp³-hybridized carbons (Fsp3) is 0.714. The van der Waals surface area contributed by atoms with E-state index >= 15 is 0 Å². The van der Waals surface area contributed by atoms with Crippen LogP contribution in [0.5, 0.6) is 0 Å². The molecule has 0 aliphatic heterocycles. The highest BCUT2D eigenvalue weighted by Gasteiger charge is 2.28. The lowest BCUT2D eigenvalue weighted by molar-refractivity contribution is -0.146. The molecule has 19 heavy (non-hydrogen) atoms. The molecule has 0 aromatic carbocycles. The van der Waals surface area contributed by atoms with E-state index in [0.717, 1.165) is 23.5 Å². The number of rotatable bonds is 5. The molecule has 1 unspecified atom stereocenters. The normalized spacial score (nSPS) is 18.2. The van der Waals surface area contributed by atoms with Crippen molar-refractivity contribution in [2.75, 3.05) is 6.61 Å². The molecule has 1 N–H and O–H groups in total. The molecule has 2 rings (SSSR count). The number of thiazole rings is 1. The second-order valence-electron chi connectivity index (χ2n) is 5.01. The van der Waals surface area contributed by atoms with Crippen molar-refractivity contribution < 1.29 is 9.53 Å². The van der Waals surface area contributed by atoms with Crippen molar-refractivity contribution in [1.29, 1.82) is 0 Å². The Kier molecular flexibility index (Phi) is 5.34. The van der Waals surface area contributed by atoms with E-state index < -0.39 is 6.04 Å². The number of carbonyl (C=O) groups excluding carboxylic acids is 1. The van der Waals surface area contributed by atoms with E-state index in [2.05, 4.69) is 10.3 Å². The molecule has 1 aliphatic rings. The Morgan fingerprint density at radius 2 is 2.26 bits per heavy atom. The van der Waals surface area contributed by atoms with E-state index in [9.17, 15) is 4.79 Å². The van der Waals surface area contributed by atoms with Crippen LogP contribution in [0.4, 0.5) is 0 Å². The fourth-order valence-corrected chi connectivity index (χ4v) is 3.32. The third-order valence-corrected chi connectivity index (χ3v) is 4.44. The molecule has 1 fully saturated rings. The number of aromatic nitrogens is 1. The van der Waals surface area contributed by atoms with Crippen LogP contribution in [0, 0.1) is 6.92 Å². The molecule has 1 saturated carbocycles. The van der Waals surface area contributed by atoms with Gasteiger partial charge in [0.1, 0.15) is 5.01 Å². The topological polar surface area (TPSA) is 51.2 Å².